The highest BCUT2D eigenvalue weighted by molar-refractivity contribution is 7.99. The van der Waals surface area contributed by atoms with Crippen molar-refractivity contribution in [2.24, 2.45) is 0 Å². The van der Waals surface area contributed by atoms with Crippen LogP contribution < -0.4 is 24.4 Å². The summed E-state index contributed by atoms with van der Waals surface area (Å²) in [6.45, 7) is 5.97. The number of ether oxygens (including phenoxy) is 2. The van der Waals surface area contributed by atoms with E-state index in [1.807, 2.05) is 33.1 Å². The molecule has 7 nitrogen and oxygen atoms in total. The molecule has 34 heavy (non-hydrogen) atoms. The first-order chi connectivity index (χ1) is 16.1. The smallest absolute Gasteiger partial charge is 0.328 e. The maximum Gasteiger partial charge on any atom is 0.328 e. The van der Waals surface area contributed by atoms with Gasteiger partial charge in [0.05, 0.1) is 25.6 Å². The van der Waals surface area contributed by atoms with Crippen LogP contribution in [0.5, 0.6) is 11.5 Å². The third-order valence-corrected chi connectivity index (χ3v) is 5.72. The SMILES string of the molecule is COc1cc(C#Cc2c(F)c(N3CCC(=O)NC3=O)cc(C(C)(C)C)c2OC)ccc1NSC. The van der Waals surface area contributed by atoms with Gasteiger partial charge in [-0.3, -0.25) is 15.0 Å². The lowest BCUT2D eigenvalue weighted by molar-refractivity contribution is -0.120. The van der Waals surface area contributed by atoms with E-state index in [1.54, 1.807) is 25.3 Å². The number of benzene rings is 2. The Morgan fingerprint density at radius 1 is 1.15 bits per heavy atom. The van der Waals surface area contributed by atoms with E-state index < -0.39 is 17.3 Å². The summed E-state index contributed by atoms with van der Waals surface area (Å²) in [5, 5.41) is 2.24. The van der Waals surface area contributed by atoms with Crippen LogP contribution in [0.1, 0.15) is 43.9 Å². The number of hydrogen-bond donors (Lipinski definition) is 2. The number of methoxy groups -OCH3 is 2. The number of anilines is 2. The predicted octanol–water partition coefficient (Wildman–Crippen LogP) is 4.68. The predicted molar refractivity (Wildman–Crippen MR) is 133 cm³/mol. The number of imide groups is 1. The van der Waals surface area contributed by atoms with Crippen molar-refractivity contribution in [1.82, 2.24) is 5.32 Å². The molecule has 1 aliphatic heterocycles. The van der Waals surface area contributed by atoms with E-state index in [-0.39, 0.29) is 30.1 Å². The number of nitrogens with one attached hydrogen (secondary N) is 2. The molecule has 2 aromatic carbocycles. The number of rotatable bonds is 5. The number of carbonyl (C=O) groups excluding carboxylic acids is 2. The zero-order valence-corrected chi connectivity index (χ0v) is 20.9. The van der Waals surface area contributed by atoms with E-state index >= 15 is 4.39 Å². The zero-order valence-electron chi connectivity index (χ0n) is 20.1. The normalized spacial score (nSPS) is 13.7. The number of nitrogens with zero attached hydrogens (tertiary/aromatic N) is 1. The van der Waals surface area contributed by atoms with Gasteiger partial charge in [-0.15, -0.1) is 0 Å². The summed E-state index contributed by atoms with van der Waals surface area (Å²) in [6.07, 6.45) is 1.99. The first-order valence-corrected chi connectivity index (χ1v) is 11.8. The van der Waals surface area contributed by atoms with E-state index in [1.165, 1.54) is 24.0 Å². The topological polar surface area (TPSA) is 79.9 Å². The lowest BCUT2D eigenvalue weighted by Crippen LogP contribution is -2.50. The van der Waals surface area contributed by atoms with Crippen molar-refractivity contribution < 1.29 is 23.5 Å². The fraction of sp³-hybridized carbons (Fsp3) is 0.360. The summed E-state index contributed by atoms with van der Waals surface area (Å²) in [7, 11) is 3.03. The summed E-state index contributed by atoms with van der Waals surface area (Å²) >= 11 is 1.44. The highest BCUT2D eigenvalue weighted by atomic mass is 32.2. The van der Waals surface area contributed by atoms with Crippen LogP contribution in [0.15, 0.2) is 24.3 Å². The number of urea groups is 1. The summed E-state index contributed by atoms with van der Waals surface area (Å²) in [6, 6.07) is 6.32. The summed E-state index contributed by atoms with van der Waals surface area (Å²) < 4.78 is 30.0. The molecule has 0 spiro atoms. The Hall–Kier alpha value is -3.38. The van der Waals surface area contributed by atoms with E-state index in [0.717, 1.165) is 5.69 Å². The molecule has 0 atom stereocenters. The Labute approximate surface area is 203 Å². The third-order valence-electron chi connectivity index (χ3n) is 5.30. The minimum Gasteiger partial charge on any atom is -0.495 e. The quantitative estimate of drug-likeness (QED) is 0.473. The Morgan fingerprint density at radius 2 is 1.88 bits per heavy atom. The number of halogens is 1. The van der Waals surface area contributed by atoms with Crippen LogP contribution in [0.2, 0.25) is 0 Å². The molecule has 9 heteroatoms. The molecule has 0 saturated carbocycles. The van der Waals surface area contributed by atoms with Crippen molar-refractivity contribution in [2.75, 3.05) is 36.6 Å². The molecule has 1 heterocycles. The van der Waals surface area contributed by atoms with Gasteiger partial charge < -0.3 is 14.2 Å². The van der Waals surface area contributed by atoms with E-state index in [2.05, 4.69) is 21.9 Å². The third kappa shape index (κ3) is 5.23. The second-order valence-electron chi connectivity index (χ2n) is 8.64. The Balaban J connectivity index is 2.17. The molecule has 0 aliphatic carbocycles. The fourth-order valence-corrected chi connectivity index (χ4v) is 3.99. The molecule has 3 rings (SSSR count). The second-order valence-corrected chi connectivity index (χ2v) is 9.25. The Kier molecular flexibility index (Phi) is 7.62. The van der Waals surface area contributed by atoms with E-state index in [0.29, 0.717) is 22.6 Å². The molecule has 180 valence electrons. The average molecular weight is 486 g/mol. The largest absolute Gasteiger partial charge is 0.495 e. The molecule has 1 saturated heterocycles. The molecule has 1 aliphatic rings. The maximum atomic E-state index is 15.8. The molecule has 0 radical (unpaired) electrons. The summed E-state index contributed by atoms with van der Waals surface area (Å²) in [5.74, 6) is 5.74. The lowest BCUT2D eigenvalue weighted by atomic mass is 9.84. The van der Waals surface area contributed by atoms with Gasteiger partial charge in [-0.25, -0.2) is 9.18 Å². The second kappa shape index (κ2) is 10.3. The highest BCUT2D eigenvalue weighted by Crippen LogP contribution is 2.40. The molecule has 0 unspecified atom stereocenters. The molecule has 0 bridgehead atoms. The lowest BCUT2D eigenvalue weighted by Gasteiger charge is -2.30. The average Bonchev–Trinajstić information content (AvgIpc) is 2.78. The van der Waals surface area contributed by atoms with Gasteiger partial charge >= 0.3 is 6.03 Å². The van der Waals surface area contributed by atoms with E-state index in [9.17, 15) is 9.59 Å². The van der Waals surface area contributed by atoms with Crippen molar-refractivity contribution in [2.45, 2.75) is 32.6 Å². The molecule has 2 aromatic rings. The van der Waals surface area contributed by atoms with Crippen LogP contribution in [0.3, 0.4) is 0 Å². The maximum absolute atomic E-state index is 15.8. The van der Waals surface area contributed by atoms with Gasteiger partial charge in [0.15, 0.2) is 5.82 Å². The molecule has 2 N–H and O–H groups in total. The van der Waals surface area contributed by atoms with Crippen LogP contribution >= 0.6 is 11.9 Å². The van der Waals surface area contributed by atoms with Crippen LogP contribution in [0.25, 0.3) is 0 Å². The first kappa shape index (κ1) is 25.2. The standard InChI is InChI=1S/C25H28FN3O4S/c1-25(2,3)17-14-19(29-12-11-21(30)27-24(29)31)22(26)16(23(17)33-5)9-7-15-8-10-18(28-34-6)20(13-15)32-4/h8,10,13-14,28H,11-12H2,1-6H3,(H,27,30,31). The monoisotopic (exact) mass is 485 g/mol. The Morgan fingerprint density at radius 3 is 2.47 bits per heavy atom. The van der Waals surface area contributed by atoms with Crippen LogP contribution in [-0.4, -0.2) is 39.0 Å². The summed E-state index contributed by atoms with van der Waals surface area (Å²) in [5.41, 5.74) is 1.77. The van der Waals surface area contributed by atoms with Crippen molar-refractivity contribution in [3.63, 3.8) is 0 Å². The number of carbonyl (C=O) groups is 2. The minimum atomic E-state index is -0.686. The number of hydrogen-bond acceptors (Lipinski definition) is 6. The highest BCUT2D eigenvalue weighted by Gasteiger charge is 2.32. The van der Waals surface area contributed by atoms with Crippen molar-refractivity contribution in [1.29, 1.82) is 0 Å². The van der Waals surface area contributed by atoms with Crippen LogP contribution in [-0.2, 0) is 10.2 Å². The van der Waals surface area contributed by atoms with Gasteiger partial charge in [0.1, 0.15) is 17.1 Å². The Bertz CT molecular complexity index is 1180. The van der Waals surface area contributed by atoms with Crippen molar-refractivity contribution in [3.8, 4) is 23.3 Å². The van der Waals surface area contributed by atoms with Gasteiger partial charge in [-0.05, 0) is 29.7 Å². The number of amides is 3. The molecule has 1 fully saturated rings. The van der Waals surface area contributed by atoms with Gasteiger partial charge in [0.2, 0.25) is 5.91 Å². The summed E-state index contributed by atoms with van der Waals surface area (Å²) in [4.78, 5) is 25.3. The molecular formula is C25H28FN3O4S. The van der Waals surface area contributed by atoms with Gasteiger partial charge in [-0.2, -0.15) is 0 Å². The zero-order chi connectivity index (χ0) is 25.0. The van der Waals surface area contributed by atoms with Gasteiger partial charge in [-0.1, -0.05) is 44.6 Å². The van der Waals surface area contributed by atoms with Crippen LogP contribution in [0, 0.1) is 17.7 Å². The van der Waals surface area contributed by atoms with Crippen molar-refractivity contribution in [3.05, 3.63) is 46.8 Å². The fourth-order valence-electron chi connectivity index (χ4n) is 3.60. The van der Waals surface area contributed by atoms with Crippen LogP contribution in [0.4, 0.5) is 20.6 Å². The minimum absolute atomic E-state index is 0.0416. The first-order valence-electron chi connectivity index (χ1n) is 10.6. The molecule has 0 aromatic heterocycles. The molecule has 3 amide bonds. The van der Waals surface area contributed by atoms with Gasteiger partial charge in [0, 0.05) is 30.3 Å². The van der Waals surface area contributed by atoms with E-state index in [4.69, 9.17) is 9.47 Å². The van der Waals surface area contributed by atoms with Gasteiger partial charge in [0.25, 0.3) is 0 Å². The van der Waals surface area contributed by atoms with Crippen molar-refractivity contribution >= 4 is 35.3 Å². The molecular weight excluding hydrogens is 457 g/mol.